The molecule has 388 valence electrons. The van der Waals surface area contributed by atoms with Crippen LogP contribution in [0.3, 0.4) is 0 Å². The van der Waals surface area contributed by atoms with Gasteiger partial charge in [-0.3, -0.25) is 14.4 Å². The van der Waals surface area contributed by atoms with Crippen molar-refractivity contribution in [2.24, 2.45) is 0 Å². The Bertz CT molecular complexity index is 1210. The van der Waals surface area contributed by atoms with E-state index in [1.165, 1.54) is 167 Å². The van der Waals surface area contributed by atoms with Crippen LogP contribution in [0.4, 0.5) is 0 Å². The van der Waals surface area contributed by atoms with Crippen molar-refractivity contribution < 1.29 is 28.6 Å². The first kappa shape index (κ1) is 64.1. The maximum atomic E-state index is 12.8. The van der Waals surface area contributed by atoms with E-state index in [0.717, 1.165) is 77.0 Å². The third-order valence-electron chi connectivity index (χ3n) is 12.5. The molecule has 0 amide bonds. The summed E-state index contributed by atoms with van der Waals surface area (Å²) in [7, 11) is 0. The molecule has 0 rings (SSSR count). The van der Waals surface area contributed by atoms with Crippen molar-refractivity contribution in [1.29, 1.82) is 0 Å². The molecule has 0 aliphatic rings. The van der Waals surface area contributed by atoms with Gasteiger partial charge < -0.3 is 14.2 Å². The lowest BCUT2D eigenvalue weighted by atomic mass is 10.0. The third-order valence-corrected chi connectivity index (χ3v) is 12.5. The molecule has 0 saturated carbocycles. The van der Waals surface area contributed by atoms with E-state index in [-0.39, 0.29) is 37.5 Å². The van der Waals surface area contributed by atoms with Gasteiger partial charge in [-0.2, -0.15) is 0 Å². The van der Waals surface area contributed by atoms with Crippen LogP contribution < -0.4 is 0 Å². The van der Waals surface area contributed by atoms with E-state index < -0.39 is 6.10 Å². The van der Waals surface area contributed by atoms with E-state index in [9.17, 15) is 14.4 Å². The average molecular weight is 938 g/mol. The number of carbonyl (C=O) groups is 3. The van der Waals surface area contributed by atoms with Crippen molar-refractivity contribution >= 4 is 17.9 Å². The molecule has 0 aliphatic carbocycles. The van der Waals surface area contributed by atoms with Crippen molar-refractivity contribution in [2.45, 2.75) is 297 Å². The van der Waals surface area contributed by atoms with Crippen molar-refractivity contribution in [3.63, 3.8) is 0 Å². The molecule has 1 unspecified atom stereocenters. The highest BCUT2D eigenvalue weighted by Gasteiger charge is 2.19. The largest absolute Gasteiger partial charge is 0.462 e. The van der Waals surface area contributed by atoms with E-state index in [0.29, 0.717) is 19.3 Å². The van der Waals surface area contributed by atoms with Crippen LogP contribution in [0.1, 0.15) is 290 Å². The quantitative estimate of drug-likeness (QED) is 0.0262. The molecule has 0 radical (unpaired) electrons. The first-order chi connectivity index (χ1) is 33.0. The van der Waals surface area contributed by atoms with Crippen LogP contribution in [0, 0.1) is 0 Å². The molecule has 0 aliphatic heterocycles. The van der Waals surface area contributed by atoms with Crippen molar-refractivity contribution in [2.75, 3.05) is 13.2 Å². The second-order valence-corrected chi connectivity index (χ2v) is 19.2. The minimum absolute atomic E-state index is 0.0935. The first-order valence-corrected chi connectivity index (χ1v) is 28.8. The van der Waals surface area contributed by atoms with Gasteiger partial charge in [0.2, 0.25) is 0 Å². The SMILES string of the molecule is CC/C=C\C/C=C\C/C=C\C/C=C\C/C=C\CCCC(=O)OC(COC(=O)CCCCCCCCCC)COC(=O)CCCCCCCCCCCCCCCCCCCCCCCCCC. The van der Waals surface area contributed by atoms with Gasteiger partial charge in [-0.15, -0.1) is 0 Å². The highest BCUT2D eigenvalue weighted by Crippen LogP contribution is 2.17. The smallest absolute Gasteiger partial charge is 0.306 e. The molecule has 1 atom stereocenters. The summed E-state index contributed by atoms with van der Waals surface area (Å²) in [5.41, 5.74) is 0. The minimum Gasteiger partial charge on any atom is -0.462 e. The zero-order valence-corrected chi connectivity index (χ0v) is 44.4. The molecule has 0 aromatic carbocycles. The summed E-state index contributed by atoms with van der Waals surface area (Å²) in [4.78, 5) is 37.9. The zero-order chi connectivity index (χ0) is 48.6. The third kappa shape index (κ3) is 53.9. The van der Waals surface area contributed by atoms with Gasteiger partial charge in [-0.05, 0) is 57.8 Å². The summed E-state index contributed by atoms with van der Waals surface area (Å²) in [6.07, 6.45) is 69.6. The number of allylic oxidation sites excluding steroid dienone is 10. The van der Waals surface area contributed by atoms with Gasteiger partial charge in [0.05, 0.1) is 0 Å². The molecule has 0 saturated heterocycles. The molecular formula is C61H108O6. The second kappa shape index (κ2) is 55.7. The Morgan fingerprint density at radius 2 is 0.582 bits per heavy atom. The first-order valence-electron chi connectivity index (χ1n) is 28.8. The van der Waals surface area contributed by atoms with E-state index in [1.54, 1.807) is 0 Å². The fourth-order valence-corrected chi connectivity index (χ4v) is 8.24. The molecule has 0 bridgehead atoms. The Morgan fingerprint density at radius 1 is 0.313 bits per heavy atom. The van der Waals surface area contributed by atoms with Crippen molar-refractivity contribution in [3.05, 3.63) is 60.8 Å². The standard InChI is InChI=1S/C61H108O6/c1-4-7-10-13-16-19-21-23-25-27-28-29-30-31-32-33-35-36-38-40-42-45-48-51-54-60(63)66-57-58(56-65-59(62)53-50-47-44-18-15-12-9-6-3)67-61(64)55-52-49-46-43-41-39-37-34-26-24-22-20-17-14-11-8-5-2/h8,11,17,20,24,26,37,39,43,46,58H,4-7,9-10,12-16,18-19,21-23,25,27-36,38,40-42,44-45,47-57H2,1-3H3/b11-8-,20-17-,26-24-,39-37-,46-43-. The molecule has 0 aromatic heterocycles. The molecule has 0 fully saturated rings. The maximum Gasteiger partial charge on any atom is 0.306 e. The monoisotopic (exact) mass is 937 g/mol. The van der Waals surface area contributed by atoms with Gasteiger partial charge in [0.15, 0.2) is 6.10 Å². The molecule has 0 spiro atoms. The van der Waals surface area contributed by atoms with E-state index in [2.05, 4.69) is 81.5 Å². The summed E-state index contributed by atoms with van der Waals surface area (Å²) in [5.74, 6) is -0.946. The number of carbonyl (C=O) groups excluding carboxylic acids is 3. The molecule has 67 heavy (non-hydrogen) atoms. The number of rotatable bonds is 52. The Labute approximate surface area is 415 Å². The fraction of sp³-hybridized carbons (Fsp3) is 0.787. The number of ether oxygens (including phenoxy) is 3. The van der Waals surface area contributed by atoms with Gasteiger partial charge in [0.25, 0.3) is 0 Å². The van der Waals surface area contributed by atoms with Gasteiger partial charge in [0.1, 0.15) is 13.2 Å². The van der Waals surface area contributed by atoms with Crippen LogP contribution >= 0.6 is 0 Å². The summed E-state index contributed by atoms with van der Waals surface area (Å²) >= 11 is 0. The average Bonchev–Trinajstić information content (AvgIpc) is 3.33. The molecule has 6 nitrogen and oxygen atoms in total. The lowest BCUT2D eigenvalue weighted by Crippen LogP contribution is -2.30. The predicted octanol–water partition coefficient (Wildman–Crippen LogP) is 19.2. The summed E-state index contributed by atoms with van der Waals surface area (Å²) in [5, 5.41) is 0. The van der Waals surface area contributed by atoms with Crippen LogP contribution in [-0.2, 0) is 28.6 Å². The maximum absolute atomic E-state index is 12.8. The van der Waals surface area contributed by atoms with E-state index >= 15 is 0 Å². The second-order valence-electron chi connectivity index (χ2n) is 19.2. The highest BCUT2D eigenvalue weighted by molar-refractivity contribution is 5.71. The normalized spacial score (nSPS) is 12.5. The topological polar surface area (TPSA) is 78.9 Å². The van der Waals surface area contributed by atoms with Gasteiger partial charge in [-0.25, -0.2) is 0 Å². The summed E-state index contributed by atoms with van der Waals surface area (Å²) < 4.78 is 16.7. The van der Waals surface area contributed by atoms with Crippen molar-refractivity contribution in [1.82, 2.24) is 0 Å². The number of unbranched alkanes of at least 4 members (excludes halogenated alkanes) is 31. The van der Waals surface area contributed by atoms with Gasteiger partial charge in [-0.1, -0.05) is 274 Å². The van der Waals surface area contributed by atoms with Crippen LogP contribution in [0.15, 0.2) is 60.8 Å². The van der Waals surface area contributed by atoms with E-state index in [1.807, 2.05) is 0 Å². The molecule has 0 N–H and O–H groups in total. The Kier molecular flexibility index (Phi) is 53.3. The molecule has 0 aromatic rings. The Hall–Kier alpha value is -2.89. The number of hydrogen-bond acceptors (Lipinski definition) is 6. The summed E-state index contributed by atoms with van der Waals surface area (Å²) in [6, 6.07) is 0. The highest BCUT2D eigenvalue weighted by atomic mass is 16.6. The van der Waals surface area contributed by atoms with Crippen LogP contribution in [-0.4, -0.2) is 37.2 Å². The van der Waals surface area contributed by atoms with Gasteiger partial charge in [0, 0.05) is 19.3 Å². The lowest BCUT2D eigenvalue weighted by molar-refractivity contribution is -0.167. The minimum atomic E-state index is -0.799. The Morgan fingerprint density at radius 3 is 0.896 bits per heavy atom. The Balaban J connectivity index is 4.22. The zero-order valence-electron chi connectivity index (χ0n) is 44.4. The summed E-state index contributed by atoms with van der Waals surface area (Å²) in [6.45, 7) is 6.48. The van der Waals surface area contributed by atoms with Gasteiger partial charge >= 0.3 is 17.9 Å². The van der Waals surface area contributed by atoms with E-state index in [4.69, 9.17) is 14.2 Å². The number of esters is 3. The van der Waals surface area contributed by atoms with Crippen LogP contribution in [0.2, 0.25) is 0 Å². The lowest BCUT2D eigenvalue weighted by Gasteiger charge is -2.18. The number of hydrogen-bond donors (Lipinski definition) is 0. The van der Waals surface area contributed by atoms with Crippen LogP contribution in [0.25, 0.3) is 0 Å². The fourth-order valence-electron chi connectivity index (χ4n) is 8.24. The predicted molar refractivity (Wildman–Crippen MR) is 288 cm³/mol. The van der Waals surface area contributed by atoms with Crippen LogP contribution in [0.5, 0.6) is 0 Å². The molecule has 6 heteroatoms. The molecule has 0 heterocycles. The molecular weight excluding hydrogens is 829 g/mol. The van der Waals surface area contributed by atoms with Crippen molar-refractivity contribution in [3.8, 4) is 0 Å².